The van der Waals surface area contributed by atoms with Crippen molar-refractivity contribution in [3.8, 4) is 11.5 Å². The van der Waals surface area contributed by atoms with E-state index in [1.807, 2.05) is 49.4 Å². The lowest BCUT2D eigenvalue weighted by Crippen LogP contribution is -2.26. The number of methoxy groups -OCH3 is 1. The Morgan fingerprint density at radius 1 is 1.25 bits per heavy atom. The molecule has 0 radical (unpaired) electrons. The van der Waals surface area contributed by atoms with Crippen LogP contribution in [0.2, 0.25) is 0 Å². The summed E-state index contributed by atoms with van der Waals surface area (Å²) in [6.07, 6.45) is -0.113. The number of rotatable bonds is 5. The molecule has 4 nitrogen and oxygen atoms in total. The fourth-order valence-electron chi connectivity index (χ4n) is 2.54. The van der Waals surface area contributed by atoms with Gasteiger partial charge in [0.2, 0.25) is 0 Å². The van der Waals surface area contributed by atoms with E-state index < -0.39 is 5.79 Å². The summed E-state index contributed by atoms with van der Waals surface area (Å²) in [7, 11) is 1.66. The molecule has 2 aromatic carbocycles. The first-order valence-electron chi connectivity index (χ1n) is 7.54. The van der Waals surface area contributed by atoms with Crippen molar-refractivity contribution in [2.24, 2.45) is 0 Å². The van der Waals surface area contributed by atoms with E-state index in [2.05, 4.69) is 38.5 Å². The molecule has 6 heteroatoms. The summed E-state index contributed by atoms with van der Waals surface area (Å²) < 4.78 is 25.2. The van der Waals surface area contributed by atoms with Crippen molar-refractivity contribution in [1.82, 2.24) is 0 Å². The zero-order valence-electron chi connectivity index (χ0n) is 13.4. The monoisotopic (exact) mass is 504 g/mol. The highest BCUT2D eigenvalue weighted by molar-refractivity contribution is 14.1. The molecule has 1 aliphatic rings. The normalized spacial score (nSPS) is 23.2. The lowest BCUT2D eigenvalue weighted by Gasteiger charge is -2.24. The Labute approximate surface area is 163 Å². The summed E-state index contributed by atoms with van der Waals surface area (Å²) in [4.78, 5) is 0. The molecule has 128 valence electrons. The highest BCUT2D eigenvalue weighted by Gasteiger charge is 2.39. The summed E-state index contributed by atoms with van der Waals surface area (Å²) in [6, 6.07) is 13.7. The van der Waals surface area contributed by atoms with Gasteiger partial charge in [-0.3, -0.25) is 0 Å². The molecule has 0 N–H and O–H groups in total. The van der Waals surface area contributed by atoms with Gasteiger partial charge in [0.25, 0.3) is 0 Å². The van der Waals surface area contributed by atoms with Crippen LogP contribution in [0.1, 0.15) is 12.5 Å². The van der Waals surface area contributed by atoms with Gasteiger partial charge in [0.1, 0.15) is 24.2 Å². The third kappa shape index (κ3) is 4.04. The van der Waals surface area contributed by atoms with Crippen LogP contribution in [0.3, 0.4) is 0 Å². The summed E-state index contributed by atoms with van der Waals surface area (Å²) in [5.41, 5.74) is 0.971. The zero-order chi connectivity index (χ0) is 17.2. The first-order chi connectivity index (χ1) is 11.5. The topological polar surface area (TPSA) is 36.9 Å². The van der Waals surface area contributed by atoms with E-state index in [0.717, 1.165) is 25.1 Å². The van der Waals surface area contributed by atoms with Gasteiger partial charge in [-0.25, -0.2) is 0 Å². The Balaban J connectivity index is 1.63. The Kier molecular flexibility index (Phi) is 5.69. The SMILES string of the molecule is COc1ccc([C@@]2(C)OC[C@@H](COc3ccc(Br)cc3)O2)cc1I. The molecule has 1 saturated heterocycles. The van der Waals surface area contributed by atoms with E-state index in [4.69, 9.17) is 18.9 Å². The quantitative estimate of drug-likeness (QED) is 0.552. The summed E-state index contributed by atoms with van der Waals surface area (Å²) in [5, 5.41) is 0. The van der Waals surface area contributed by atoms with Crippen LogP contribution in [0.15, 0.2) is 46.9 Å². The summed E-state index contributed by atoms with van der Waals surface area (Å²) >= 11 is 5.66. The maximum Gasteiger partial charge on any atom is 0.192 e. The predicted molar refractivity (Wildman–Crippen MR) is 104 cm³/mol. The minimum absolute atomic E-state index is 0.113. The van der Waals surface area contributed by atoms with Crippen molar-refractivity contribution in [1.29, 1.82) is 0 Å². The van der Waals surface area contributed by atoms with Gasteiger partial charge in [-0.15, -0.1) is 0 Å². The van der Waals surface area contributed by atoms with Crippen molar-refractivity contribution < 1.29 is 18.9 Å². The first kappa shape index (κ1) is 18.0. The minimum atomic E-state index is -0.764. The lowest BCUT2D eigenvalue weighted by molar-refractivity contribution is -0.164. The Morgan fingerprint density at radius 2 is 2.00 bits per heavy atom. The average molecular weight is 505 g/mol. The smallest absolute Gasteiger partial charge is 0.192 e. The fraction of sp³-hybridized carbons (Fsp3) is 0.333. The van der Waals surface area contributed by atoms with Gasteiger partial charge >= 0.3 is 0 Å². The molecule has 0 amide bonds. The second-order valence-electron chi connectivity index (χ2n) is 5.61. The van der Waals surface area contributed by atoms with E-state index in [1.165, 1.54) is 0 Å². The van der Waals surface area contributed by atoms with Crippen LogP contribution >= 0.6 is 38.5 Å². The molecule has 1 aliphatic heterocycles. The highest BCUT2D eigenvalue weighted by atomic mass is 127. The van der Waals surface area contributed by atoms with Gasteiger partial charge in [-0.05, 0) is 72.0 Å². The second-order valence-corrected chi connectivity index (χ2v) is 7.69. The molecule has 3 rings (SSSR count). The van der Waals surface area contributed by atoms with Gasteiger partial charge in [0.05, 0.1) is 17.3 Å². The standard InChI is InChI=1S/C18H18BrIO4/c1-18(12-3-8-17(21-2)16(20)9-12)23-11-15(24-18)10-22-14-6-4-13(19)5-7-14/h3-9,15H,10-11H2,1-2H3/t15-,18+/m1/s1. The first-order valence-corrected chi connectivity index (χ1v) is 9.41. The van der Waals surface area contributed by atoms with Crippen LogP contribution in [-0.2, 0) is 15.3 Å². The molecule has 0 aromatic heterocycles. The van der Waals surface area contributed by atoms with Crippen molar-refractivity contribution in [3.63, 3.8) is 0 Å². The molecule has 0 bridgehead atoms. The summed E-state index contributed by atoms with van der Waals surface area (Å²) in [6.45, 7) is 2.88. The third-order valence-corrected chi connectivity index (χ3v) is 5.23. The lowest BCUT2D eigenvalue weighted by atomic mass is 10.1. The number of benzene rings is 2. The predicted octanol–water partition coefficient (Wildman–Crippen LogP) is 4.73. The van der Waals surface area contributed by atoms with Gasteiger partial charge < -0.3 is 18.9 Å². The maximum absolute atomic E-state index is 6.11. The van der Waals surface area contributed by atoms with Crippen LogP contribution in [0.25, 0.3) is 0 Å². The van der Waals surface area contributed by atoms with Gasteiger partial charge in [0.15, 0.2) is 5.79 Å². The fourth-order valence-corrected chi connectivity index (χ4v) is 3.54. The molecular formula is C18H18BrIO4. The molecule has 0 spiro atoms. The molecule has 2 aromatic rings. The highest BCUT2D eigenvalue weighted by Crippen LogP contribution is 2.36. The molecule has 2 atom stereocenters. The van der Waals surface area contributed by atoms with Gasteiger partial charge in [-0.1, -0.05) is 15.9 Å². The van der Waals surface area contributed by atoms with Crippen molar-refractivity contribution in [2.75, 3.05) is 20.3 Å². The Bertz CT molecular complexity index is 707. The van der Waals surface area contributed by atoms with Crippen LogP contribution in [-0.4, -0.2) is 26.4 Å². The van der Waals surface area contributed by atoms with Crippen molar-refractivity contribution in [3.05, 3.63) is 56.1 Å². The zero-order valence-corrected chi connectivity index (χ0v) is 17.2. The van der Waals surface area contributed by atoms with Gasteiger partial charge in [0, 0.05) is 10.0 Å². The van der Waals surface area contributed by atoms with Crippen LogP contribution in [0.4, 0.5) is 0 Å². The second kappa shape index (κ2) is 7.59. The molecule has 1 fully saturated rings. The van der Waals surface area contributed by atoms with E-state index in [0.29, 0.717) is 13.2 Å². The maximum atomic E-state index is 6.11. The largest absolute Gasteiger partial charge is 0.496 e. The minimum Gasteiger partial charge on any atom is -0.496 e. The average Bonchev–Trinajstić information content (AvgIpc) is 2.97. The molecule has 24 heavy (non-hydrogen) atoms. The molecule has 0 unspecified atom stereocenters. The van der Waals surface area contributed by atoms with E-state index in [1.54, 1.807) is 7.11 Å². The van der Waals surface area contributed by atoms with Crippen molar-refractivity contribution >= 4 is 38.5 Å². The molecular weight excluding hydrogens is 487 g/mol. The van der Waals surface area contributed by atoms with E-state index in [9.17, 15) is 0 Å². The number of halogens is 2. The van der Waals surface area contributed by atoms with Crippen LogP contribution < -0.4 is 9.47 Å². The Hall–Kier alpha value is -0.830. The van der Waals surface area contributed by atoms with Crippen LogP contribution in [0.5, 0.6) is 11.5 Å². The molecule has 1 heterocycles. The number of hydrogen-bond donors (Lipinski definition) is 0. The van der Waals surface area contributed by atoms with E-state index >= 15 is 0 Å². The Morgan fingerprint density at radius 3 is 2.67 bits per heavy atom. The summed E-state index contributed by atoms with van der Waals surface area (Å²) in [5.74, 6) is 0.894. The van der Waals surface area contributed by atoms with Gasteiger partial charge in [-0.2, -0.15) is 0 Å². The van der Waals surface area contributed by atoms with Crippen molar-refractivity contribution in [2.45, 2.75) is 18.8 Å². The number of hydrogen-bond acceptors (Lipinski definition) is 4. The number of ether oxygens (including phenoxy) is 4. The molecule has 0 aliphatic carbocycles. The van der Waals surface area contributed by atoms with E-state index in [-0.39, 0.29) is 6.10 Å². The third-order valence-electron chi connectivity index (χ3n) is 3.86. The molecule has 0 saturated carbocycles. The van der Waals surface area contributed by atoms with Crippen LogP contribution in [0, 0.1) is 3.57 Å².